The van der Waals surface area contributed by atoms with Crippen LogP contribution in [0.5, 0.6) is 0 Å². The van der Waals surface area contributed by atoms with Crippen LogP contribution in [0.15, 0.2) is 41.3 Å². The topological polar surface area (TPSA) is 72.5 Å². The van der Waals surface area contributed by atoms with E-state index in [1.165, 1.54) is 12.1 Å². The van der Waals surface area contributed by atoms with E-state index in [9.17, 15) is 13.2 Å². The molecule has 2 rings (SSSR count). The van der Waals surface area contributed by atoms with Gasteiger partial charge in [-0.1, -0.05) is 18.2 Å². The highest BCUT2D eigenvalue weighted by Gasteiger charge is 2.19. The van der Waals surface area contributed by atoms with Crippen LogP contribution in [0.1, 0.15) is 43.5 Å². The molecule has 0 amide bonds. The average molecular weight is 337 g/mol. The molecule has 1 N–H and O–H groups in total. The van der Waals surface area contributed by atoms with Crippen molar-refractivity contribution in [2.75, 3.05) is 6.61 Å². The molecule has 1 aliphatic rings. The molecule has 0 aromatic heterocycles. The molecular weight excluding hydrogens is 314 g/mol. The summed E-state index contributed by atoms with van der Waals surface area (Å²) in [6.07, 6.45) is 7.18. The molecule has 0 heterocycles. The Morgan fingerprint density at radius 1 is 1.35 bits per heavy atom. The highest BCUT2D eigenvalue weighted by molar-refractivity contribution is 7.89. The van der Waals surface area contributed by atoms with Crippen molar-refractivity contribution < 1.29 is 17.9 Å². The zero-order valence-corrected chi connectivity index (χ0v) is 14.3. The number of hydrogen-bond acceptors (Lipinski definition) is 4. The van der Waals surface area contributed by atoms with Gasteiger partial charge in [0.25, 0.3) is 0 Å². The maximum Gasteiger partial charge on any atom is 0.338 e. The maximum absolute atomic E-state index is 12.2. The Morgan fingerprint density at radius 2 is 2.13 bits per heavy atom. The standard InChI is InChI=1S/C17H23NO4S/c1-13(2)18-23(20,21)16-10-6-9-15(11-16)17(19)22-12-14-7-4-3-5-8-14/h3-4,6,9-11,13-14,18H,5,7-8,12H2,1-2H3. The summed E-state index contributed by atoms with van der Waals surface area (Å²) in [5.74, 6) is -0.139. The normalized spacial score (nSPS) is 18.1. The van der Waals surface area contributed by atoms with E-state index in [0.717, 1.165) is 19.3 Å². The average Bonchev–Trinajstić information content (AvgIpc) is 2.52. The number of benzene rings is 1. The summed E-state index contributed by atoms with van der Waals surface area (Å²) in [6, 6.07) is 5.73. The van der Waals surface area contributed by atoms with Gasteiger partial charge in [-0.15, -0.1) is 0 Å². The molecule has 0 saturated heterocycles. The van der Waals surface area contributed by atoms with Crippen LogP contribution in [0.2, 0.25) is 0 Å². The lowest BCUT2D eigenvalue weighted by Crippen LogP contribution is -2.30. The molecular formula is C17H23NO4S. The molecule has 0 spiro atoms. The van der Waals surface area contributed by atoms with Crippen molar-refractivity contribution in [3.05, 3.63) is 42.0 Å². The van der Waals surface area contributed by atoms with Gasteiger partial charge in [0.1, 0.15) is 0 Å². The first kappa shape index (κ1) is 17.7. The Balaban J connectivity index is 2.03. The molecule has 1 aliphatic carbocycles. The smallest absolute Gasteiger partial charge is 0.338 e. The lowest BCUT2D eigenvalue weighted by atomic mass is 9.95. The van der Waals surface area contributed by atoms with E-state index in [1.54, 1.807) is 26.0 Å². The van der Waals surface area contributed by atoms with Crippen molar-refractivity contribution in [1.29, 1.82) is 0 Å². The van der Waals surface area contributed by atoms with Crippen LogP contribution in [0.25, 0.3) is 0 Å². The quantitative estimate of drug-likeness (QED) is 0.640. The van der Waals surface area contributed by atoms with Crippen molar-refractivity contribution in [3.63, 3.8) is 0 Å². The molecule has 126 valence electrons. The van der Waals surface area contributed by atoms with Gasteiger partial charge in [-0.2, -0.15) is 0 Å². The van der Waals surface area contributed by atoms with Gasteiger partial charge >= 0.3 is 5.97 Å². The van der Waals surface area contributed by atoms with Gasteiger partial charge in [-0.3, -0.25) is 0 Å². The molecule has 1 aromatic carbocycles. The fourth-order valence-electron chi connectivity index (χ4n) is 2.45. The fourth-order valence-corrected chi connectivity index (χ4v) is 3.75. The van der Waals surface area contributed by atoms with Gasteiger partial charge in [0.05, 0.1) is 17.1 Å². The number of nitrogens with one attached hydrogen (secondary N) is 1. The highest BCUT2D eigenvalue weighted by Crippen LogP contribution is 2.19. The number of hydrogen-bond donors (Lipinski definition) is 1. The third-order valence-electron chi connectivity index (χ3n) is 3.60. The summed E-state index contributed by atoms with van der Waals surface area (Å²) >= 11 is 0. The Hall–Kier alpha value is -1.66. The van der Waals surface area contributed by atoms with Crippen molar-refractivity contribution in [3.8, 4) is 0 Å². The third-order valence-corrected chi connectivity index (χ3v) is 5.25. The number of carbonyl (C=O) groups is 1. The zero-order valence-electron chi connectivity index (χ0n) is 13.5. The van der Waals surface area contributed by atoms with Crippen LogP contribution in [-0.2, 0) is 14.8 Å². The first-order valence-corrected chi connectivity index (χ1v) is 9.31. The second-order valence-electron chi connectivity index (χ2n) is 6.05. The van der Waals surface area contributed by atoms with E-state index in [-0.39, 0.29) is 16.5 Å². The molecule has 23 heavy (non-hydrogen) atoms. The molecule has 0 saturated carbocycles. The fraction of sp³-hybridized carbons (Fsp3) is 0.471. The minimum absolute atomic E-state index is 0.0706. The second-order valence-corrected chi connectivity index (χ2v) is 7.77. The van der Waals surface area contributed by atoms with E-state index >= 15 is 0 Å². The molecule has 0 radical (unpaired) electrons. The van der Waals surface area contributed by atoms with E-state index in [0.29, 0.717) is 12.5 Å². The van der Waals surface area contributed by atoms with Gasteiger partial charge < -0.3 is 4.74 Å². The summed E-state index contributed by atoms with van der Waals surface area (Å²) < 4.78 is 32.1. The molecule has 1 aromatic rings. The van der Waals surface area contributed by atoms with E-state index in [1.807, 2.05) is 0 Å². The summed E-state index contributed by atoms with van der Waals surface area (Å²) in [5.41, 5.74) is 0.253. The van der Waals surface area contributed by atoms with Gasteiger partial charge in [-0.25, -0.2) is 17.9 Å². The van der Waals surface area contributed by atoms with E-state index in [4.69, 9.17) is 4.74 Å². The molecule has 0 aliphatic heterocycles. The number of allylic oxidation sites excluding steroid dienone is 2. The van der Waals surface area contributed by atoms with E-state index < -0.39 is 16.0 Å². The Labute approximate surface area is 137 Å². The van der Waals surface area contributed by atoms with Crippen molar-refractivity contribution >= 4 is 16.0 Å². The van der Waals surface area contributed by atoms with Crippen LogP contribution >= 0.6 is 0 Å². The number of carbonyl (C=O) groups excluding carboxylic acids is 1. The zero-order chi connectivity index (χ0) is 16.9. The number of esters is 1. The monoisotopic (exact) mass is 337 g/mol. The number of ether oxygens (including phenoxy) is 1. The van der Waals surface area contributed by atoms with Crippen LogP contribution in [0.4, 0.5) is 0 Å². The minimum Gasteiger partial charge on any atom is -0.462 e. The summed E-state index contributed by atoms with van der Waals surface area (Å²) in [4.78, 5) is 12.2. The van der Waals surface area contributed by atoms with Crippen LogP contribution < -0.4 is 4.72 Å². The summed E-state index contributed by atoms with van der Waals surface area (Å²) in [6.45, 7) is 3.85. The van der Waals surface area contributed by atoms with Gasteiger partial charge in [-0.05, 0) is 57.2 Å². The summed E-state index contributed by atoms with van der Waals surface area (Å²) in [7, 11) is -3.62. The lowest BCUT2D eigenvalue weighted by Gasteiger charge is -2.17. The molecule has 0 fully saturated rings. The van der Waals surface area contributed by atoms with Crippen molar-refractivity contribution in [2.45, 2.75) is 44.0 Å². The number of rotatable bonds is 6. The maximum atomic E-state index is 12.2. The van der Waals surface area contributed by atoms with Crippen LogP contribution in [0, 0.1) is 5.92 Å². The second kappa shape index (κ2) is 7.75. The van der Waals surface area contributed by atoms with Crippen LogP contribution in [0.3, 0.4) is 0 Å². The van der Waals surface area contributed by atoms with Crippen LogP contribution in [-0.4, -0.2) is 27.0 Å². The first-order chi connectivity index (χ1) is 10.9. The molecule has 0 bridgehead atoms. The predicted molar refractivity (Wildman–Crippen MR) is 88.7 cm³/mol. The van der Waals surface area contributed by atoms with E-state index in [2.05, 4.69) is 16.9 Å². The van der Waals surface area contributed by atoms with Gasteiger partial charge in [0.15, 0.2) is 0 Å². The third kappa shape index (κ3) is 5.18. The van der Waals surface area contributed by atoms with Gasteiger partial charge in [0.2, 0.25) is 10.0 Å². The molecule has 6 heteroatoms. The Morgan fingerprint density at radius 3 is 2.78 bits per heavy atom. The predicted octanol–water partition coefficient (Wildman–Crippen LogP) is 2.89. The highest BCUT2D eigenvalue weighted by atomic mass is 32.2. The van der Waals surface area contributed by atoms with Crippen molar-refractivity contribution in [1.82, 2.24) is 4.72 Å². The molecule has 5 nitrogen and oxygen atoms in total. The van der Waals surface area contributed by atoms with Gasteiger partial charge in [0, 0.05) is 6.04 Å². The Bertz CT molecular complexity index is 680. The first-order valence-electron chi connectivity index (χ1n) is 7.83. The van der Waals surface area contributed by atoms with Crippen molar-refractivity contribution in [2.24, 2.45) is 5.92 Å². The molecule has 1 unspecified atom stereocenters. The number of sulfonamides is 1. The SMILES string of the molecule is CC(C)NS(=O)(=O)c1cccc(C(=O)OCC2CC=CCC2)c1. The largest absolute Gasteiger partial charge is 0.462 e. The minimum atomic E-state index is -3.62. The Kier molecular flexibility index (Phi) is 5.96. The lowest BCUT2D eigenvalue weighted by molar-refractivity contribution is 0.0432. The summed E-state index contributed by atoms with van der Waals surface area (Å²) in [5, 5.41) is 0. The molecule has 1 atom stereocenters.